The van der Waals surface area contributed by atoms with Crippen molar-refractivity contribution in [2.24, 2.45) is 11.7 Å². The van der Waals surface area contributed by atoms with Crippen LogP contribution in [0, 0.1) is 17.2 Å². The zero-order chi connectivity index (χ0) is 15.1. The minimum Gasteiger partial charge on any atom is -0.496 e. The van der Waals surface area contributed by atoms with Crippen molar-refractivity contribution in [3.63, 3.8) is 0 Å². The van der Waals surface area contributed by atoms with Crippen molar-refractivity contribution < 1.29 is 4.74 Å². The van der Waals surface area contributed by atoms with Crippen molar-refractivity contribution in [3.05, 3.63) is 23.8 Å². The molecular formula is C16H25N3O. The zero-order valence-corrected chi connectivity index (χ0v) is 12.9. The number of nitrogens with zero attached hydrogens (tertiary/aromatic N) is 2. The second-order valence-electron chi connectivity index (χ2n) is 5.43. The second kappa shape index (κ2) is 7.76. The Kier molecular flexibility index (Phi) is 6.33. The Morgan fingerprint density at radius 1 is 1.35 bits per heavy atom. The molecule has 2 N–H and O–H groups in total. The Bertz CT molecular complexity index is 463. The minimum atomic E-state index is -0.113. The van der Waals surface area contributed by atoms with Crippen molar-refractivity contribution in [1.29, 1.82) is 5.26 Å². The van der Waals surface area contributed by atoms with E-state index in [4.69, 9.17) is 15.7 Å². The maximum atomic E-state index is 8.85. The molecule has 0 saturated carbocycles. The van der Waals surface area contributed by atoms with Crippen LogP contribution < -0.4 is 15.4 Å². The van der Waals surface area contributed by atoms with Gasteiger partial charge >= 0.3 is 0 Å². The van der Waals surface area contributed by atoms with E-state index in [0.29, 0.717) is 18.9 Å². The van der Waals surface area contributed by atoms with Gasteiger partial charge < -0.3 is 15.4 Å². The number of hydrogen-bond donors (Lipinski definition) is 1. The molecule has 0 bridgehead atoms. The third-order valence-electron chi connectivity index (χ3n) is 3.14. The molecule has 0 aliphatic rings. The van der Waals surface area contributed by atoms with E-state index in [0.717, 1.165) is 23.5 Å². The van der Waals surface area contributed by atoms with Gasteiger partial charge in [-0.1, -0.05) is 19.9 Å². The molecule has 1 aromatic carbocycles. The summed E-state index contributed by atoms with van der Waals surface area (Å²) in [6.45, 7) is 7.91. The maximum absolute atomic E-state index is 8.85. The van der Waals surface area contributed by atoms with Crippen LogP contribution in [0.5, 0.6) is 5.75 Å². The van der Waals surface area contributed by atoms with Crippen LogP contribution >= 0.6 is 0 Å². The first-order chi connectivity index (χ1) is 9.51. The fourth-order valence-corrected chi connectivity index (χ4v) is 2.38. The monoisotopic (exact) mass is 275 g/mol. The van der Waals surface area contributed by atoms with Crippen LogP contribution in [-0.2, 0) is 0 Å². The van der Waals surface area contributed by atoms with Gasteiger partial charge in [-0.2, -0.15) is 5.26 Å². The van der Waals surface area contributed by atoms with Gasteiger partial charge in [-0.15, -0.1) is 0 Å². The molecule has 20 heavy (non-hydrogen) atoms. The fraction of sp³-hybridized carbons (Fsp3) is 0.562. The molecule has 1 rings (SSSR count). The molecule has 0 radical (unpaired) electrons. The first kappa shape index (κ1) is 16.3. The molecule has 0 aromatic heterocycles. The molecule has 4 nitrogen and oxygen atoms in total. The maximum Gasteiger partial charge on any atom is 0.125 e. The number of benzene rings is 1. The number of ether oxygens (including phenoxy) is 1. The van der Waals surface area contributed by atoms with Crippen molar-refractivity contribution in [2.75, 3.05) is 25.1 Å². The van der Waals surface area contributed by atoms with Crippen molar-refractivity contribution in [2.45, 2.75) is 33.2 Å². The first-order valence-corrected chi connectivity index (χ1v) is 7.05. The second-order valence-corrected chi connectivity index (χ2v) is 5.43. The van der Waals surface area contributed by atoms with E-state index in [1.807, 2.05) is 19.1 Å². The third kappa shape index (κ3) is 4.14. The van der Waals surface area contributed by atoms with E-state index < -0.39 is 0 Å². The van der Waals surface area contributed by atoms with Crippen molar-refractivity contribution in [1.82, 2.24) is 0 Å². The van der Waals surface area contributed by atoms with E-state index in [9.17, 15) is 0 Å². The third-order valence-corrected chi connectivity index (χ3v) is 3.14. The molecule has 0 fully saturated rings. The summed E-state index contributed by atoms with van der Waals surface area (Å²) in [7, 11) is 1.66. The zero-order valence-electron chi connectivity index (χ0n) is 12.9. The molecule has 110 valence electrons. The average Bonchev–Trinajstić information content (AvgIpc) is 2.41. The molecule has 0 amide bonds. The molecule has 1 unspecified atom stereocenters. The number of nitrogens with two attached hydrogens (primary N) is 1. The molecule has 1 atom stereocenters. The Balaban J connectivity index is 3.20. The predicted octanol–water partition coefficient (Wildman–Crippen LogP) is 3.09. The fourth-order valence-electron chi connectivity index (χ4n) is 2.38. The summed E-state index contributed by atoms with van der Waals surface area (Å²) in [5.41, 5.74) is 8.20. The molecule has 1 aromatic rings. The summed E-state index contributed by atoms with van der Waals surface area (Å²) in [5, 5.41) is 8.85. The van der Waals surface area contributed by atoms with Crippen LogP contribution in [0.2, 0.25) is 0 Å². The van der Waals surface area contributed by atoms with Gasteiger partial charge in [-0.3, -0.25) is 0 Å². The molecular weight excluding hydrogens is 250 g/mol. The lowest BCUT2D eigenvalue weighted by Crippen LogP contribution is -2.30. The molecule has 0 aliphatic carbocycles. The van der Waals surface area contributed by atoms with Gasteiger partial charge in [0, 0.05) is 30.4 Å². The SMILES string of the molecule is COc1cccc(N(CCC#N)CC(C)C)c1C(C)N. The Morgan fingerprint density at radius 2 is 2.05 bits per heavy atom. The van der Waals surface area contributed by atoms with Crippen LogP contribution in [0.1, 0.15) is 38.8 Å². The lowest BCUT2D eigenvalue weighted by Gasteiger charge is -2.30. The largest absolute Gasteiger partial charge is 0.496 e. The van der Waals surface area contributed by atoms with Gasteiger partial charge in [0.25, 0.3) is 0 Å². The van der Waals surface area contributed by atoms with Crippen LogP contribution in [0.4, 0.5) is 5.69 Å². The average molecular weight is 275 g/mol. The summed E-state index contributed by atoms with van der Waals surface area (Å²) < 4.78 is 5.44. The van der Waals surface area contributed by atoms with E-state index in [1.54, 1.807) is 7.11 Å². The molecule has 0 heterocycles. The molecule has 0 aliphatic heterocycles. The van der Waals surface area contributed by atoms with E-state index >= 15 is 0 Å². The Hall–Kier alpha value is -1.73. The first-order valence-electron chi connectivity index (χ1n) is 7.05. The minimum absolute atomic E-state index is 0.113. The van der Waals surface area contributed by atoms with Gasteiger partial charge in [0.1, 0.15) is 5.75 Å². The number of rotatable bonds is 7. The van der Waals surface area contributed by atoms with Gasteiger partial charge in [-0.25, -0.2) is 0 Å². The van der Waals surface area contributed by atoms with Gasteiger partial charge in [0.2, 0.25) is 0 Å². The summed E-state index contributed by atoms with van der Waals surface area (Å²) in [4.78, 5) is 2.23. The normalized spacial score (nSPS) is 12.1. The van der Waals surface area contributed by atoms with E-state index in [2.05, 4.69) is 30.9 Å². The Labute approximate surface area is 122 Å². The summed E-state index contributed by atoms with van der Waals surface area (Å²) in [5.74, 6) is 1.32. The number of methoxy groups -OCH3 is 1. The highest BCUT2D eigenvalue weighted by atomic mass is 16.5. The number of anilines is 1. The van der Waals surface area contributed by atoms with Crippen molar-refractivity contribution >= 4 is 5.69 Å². The highest BCUT2D eigenvalue weighted by Crippen LogP contribution is 2.34. The lowest BCUT2D eigenvalue weighted by molar-refractivity contribution is 0.406. The van der Waals surface area contributed by atoms with E-state index in [1.165, 1.54) is 0 Å². The summed E-state index contributed by atoms with van der Waals surface area (Å²) in [6, 6.07) is 8.06. The summed E-state index contributed by atoms with van der Waals surface area (Å²) in [6.07, 6.45) is 0.502. The molecule has 0 saturated heterocycles. The van der Waals surface area contributed by atoms with Gasteiger partial charge in [0.15, 0.2) is 0 Å². The smallest absolute Gasteiger partial charge is 0.125 e. The van der Waals surface area contributed by atoms with Gasteiger partial charge in [-0.05, 0) is 25.0 Å². The van der Waals surface area contributed by atoms with Crippen LogP contribution in [0.25, 0.3) is 0 Å². The molecule has 4 heteroatoms. The Morgan fingerprint density at radius 3 is 2.55 bits per heavy atom. The van der Waals surface area contributed by atoms with Gasteiger partial charge in [0.05, 0.1) is 19.6 Å². The van der Waals surface area contributed by atoms with Crippen LogP contribution in [0.3, 0.4) is 0 Å². The topological polar surface area (TPSA) is 62.3 Å². The standard InChI is InChI=1S/C16H25N3O/c1-12(2)11-19(10-6-9-17)14-7-5-8-15(20-4)16(14)13(3)18/h5,7-8,12-13H,6,10-11,18H2,1-4H3. The predicted molar refractivity (Wildman–Crippen MR) is 82.9 cm³/mol. The van der Waals surface area contributed by atoms with Crippen LogP contribution in [-0.4, -0.2) is 20.2 Å². The quantitative estimate of drug-likeness (QED) is 0.830. The molecule has 0 spiro atoms. The van der Waals surface area contributed by atoms with E-state index in [-0.39, 0.29) is 6.04 Å². The highest BCUT2D eigenvalue weighted by Gasteiger charge is 2.18. The van der Waals surface area contributed by atoms with Crippen LogP contribution in [0.15, 0.2) is 18.2 Å². The lowest BCUT2D eigenvalue weighted by atomic mass is 10.0. The number of nitriles is 1. The highest BCUT2D eigenvalue weighted by molar-refractivity contribution is 5.60. The summed E-state index contributed by atoms with van der Waals surface area (Å²) >= 11 is 0. The van der Waals surface area contributed by atoms with Crippen molar-refractivity contribution in [3.8, 4) is 11.8 Å². The number of hydrogen-bond acceptors (Lipinski definition) is 4.